The Kier molecular flexibility index (Phi) is 4.81. The van der Waals surface area contributed by atoms with Crippen LogP contribution in [0, 0.1) is 0 Å². The Balaban J connectivity index is 1.62. The molecule has 1 heterocycles. The van der Waals surface area contributed by atoms with Gasteiger partial charge in [0.25, 0.3) is 0 Å². The molecule has 0 saturated carbocycles. The Labute approximate surface area is 140 Å². The molecule has 3 rings (SSSR count). The molecule has 0 bridgehead atoms. The number of carbonyl (C=O) groups excluding carboxylic acids is 1. The number of morpholine rings is 1. The van der Waals surface area contributed by atoms with Gasteiger partial charge in [0.1, 0.15) is 0 Å². The van der Waals surface area contributed by atoms with Gasteiger partial charge in [-0.3, -0.25) is 4.79 Å². The van der Waals surface area contributed by atoms with Gasteiger partial charge in [-0.15, -0.1) is 0 Å². The number of benzene rings is 2. The van der Waals surface area contributed by atoms with Gasteiger partial charge in [-0.2, -0.15) is 0 Å². The summed E-state index contributed by atoms with van der Waals surface area (Å²) in [6.45, 7) is 2.36. The van der Waals surface area contributed by atoms with E-state index in [1.165, 1.54) is 5.39 Å². The molecule has 1 aliphatic rings. The molecule has 1 unspecified atom stereocenters. The van der Waals surface area contributed by atoms with Crippen molar-refractivity contribution in [2.24, 2.45) is 0 Å². The van der Waals surface area contributed by atoms with Crippen molar-refractivity contribution in [1.82, 2.24) is 4.90 Å². The lowest BCUT2D eigenvalue weighted by Crippen LogP contribution is -2.51. The fourth-order valence-corrected chi connectivity index (χ4v) is 3.10. The van der Waals surface area contributed by atoms with Gasteiger partial charge in [0.05, 0.1) is 12.6 Å². The van der Waals surface area contributed by atoms with E-state index in [2.05, 4.69) is 24.3 Å². The third-order valence-electron chi connectivity index (χ3n) is 4.33. The summed E-state index contributed by atoms with van der Waals surface area (Å²) in [7, 11) is 0. The molecule has 1 aliphatic heterocycles. The summed E-state index contributed by atoms with van der Waals surface area (Å²) in [5.74, 6) is -1.04. The molecule has 24 heavy (non-hydrogen) atoms. The first-order valence-electron chi connectivity index (χ1n) is 8.16. The topological polar surface area (TPSA) is 66.8 Å². The average molecular weight is 327 g/mol. The first kappa shape index (κ1) is 16.5. The van der Waals surface area contributed by atoms with Gasteiger partial charge in [0.2, 0.25) is 5.91 Å². The van der Waals surface area contributed by atoms with Gasteiger partial charge in [0.15, 0.2) is 6.10 Å². The van der Waals surface area contributed by atoms with E-state index in [-0.39, 0.29) is 18.6 Å². The van der Waals surface area contributed by atoms with Crippen LogP contribution in [0.25, 0.3) is 10.8 Å². The number of ether oxygens (including phenoxy) is 1. The summed E-state index contributed by atoms with van der Waals surface area (Å²) >= 11 is 0. The third kappa shape index (κ3) is 3.74. The third-order valence-corrected chi connectivity index (χ3v) is 4.33. The van der Waals surface area contributed by atoms with E-state index in [4.69, 9.17) is 9.84 Å². The van der Waals surface area contributed by atoms with E-state index in [0.29, 0.717) is 19.4 Å². The molecular formula is C19H21NO4. The summed E-state index contributed by atoms with van der Waals surface area (Å²) in [5, 5.41) is 11.4. The zero-order valence-electron chi connectivity index (χ0n) is 13.6. The van der Waals surface area contributed by atoms with Crippen molar-refractivity contribution in [3.63, 3.8) is 0 Å². The minimum atomic E-state index is -1.02. The summed E-state index contributed by atoms with van der Waals surface area (Å²) in [6.07, 6.45) is -0.173. The summed E-state index contributed by atoms with van der Waals surface area (Å²) in [5.41, 5.74) is 1.11. The minimum absolute atomic E-state index is 0.0236. The van der Waals surface area contributed by atoms with Crippen molar-refractivity contribution in [2.45, 2.75) is 32.0 Å². The van der Waals surface area contributed by atoms with Crippen molar-refractivity contribution in [3.05, 3.63) is 48.0 Å². The minimum Gasteiger partial charge on any atom is -0.479 e. The quantitative estimate of drug-likeness (QED) is 0.937. The number of hydrogen-bond donors (Lipinski definition) is 1. The Morgan fingerprint density at radius 2 is 1.92 bits per heavy atom. The highest BCUT2D eigenvalue weighted by molar-refractivity contribution is 5.83. The van der Waals surface area contributed by atoms with Crippen LogP contribution < -0.4 is 0 Å². The van der Waals surface area contributed by atoms with Crippen LogP contribution in [0.2, 0.25) is 0 Å². The second-order valence-electron chi connectivity index (χ2n) is 6.25. The summed E-state index contributed by atoms with van der Waals surface area (Å²) in [4.78, 5) is 25.1. The van der Waals surface area contributed by atoms with Crippen LogP contribution in [-0.2, 0) is 20.7 Å². The second kappa shape index (κ2) is 7.01. The van der Waals surface area contributed by atoms with Crippen molar-refractivity contribution in [3.8, 4) is 0 Å². The molecule has 0 aliphatic carbocycles. The number of carboxylic acid groups (broad SMARTS) is 1. The number of nitrogens with zero attached hydrogens (tertiary/aromatic N) is 1. The van der Waals surface area contributed by atoms with Gasteiger partial charge in [0, 0.05) is 13.0 Å². The highest BCUT2D eigenvalue weighted by atomic mass is 16.5. The molecular weight excluding hydrogens is 306 g/mol. The SMILES string of the molecule is C[C@@H]1CN(C(=O)CCc2ccc3ccccc3c2)CC(C(=O)O)O1. The molecule has 1 saturated heterocycles. The maximum atomic E-state index is 12.4. The molecule has 0 radical (unpaired) electrons. The fraction of sp³-hybridized carbons (Fsp3) is 0.368. The van der Waals surface area contributed by atoms with E-state index in [1.54, 1.807) is 11.8 Å². The van der Waals surface area contributed by atoms with Crippen molar-refractivity contribution >= 4 is 22.6 Å². The monoisotopic (exact) mass is 327 g/mol. The van der Waals surface area contributed by atoms with Crippen molar-refractivity contribution < 1.29 is 19.4 Å². The number of fused-ring (bicyclic) bond motifs is 1. The number of hydrogen-bond acceptors (Lipinski definition) is 3. The molecule has 1 amide bonds. The molecule has 2 aromatic carbocycles. The second-order valence-corrected chi connectivity index (χ2v) is 6.25. The molecule has 1 N–H and O–H groups in total. The van der Waals surface area contributed by atoms with Crippen molar-refractivity contribution in [1.29, 1.82) is 0 Å². The lowest BCUT2D eigenvalue weighted by Gasteiger charge is -2.35. The lowest BCUT2D eigenvalue weighted by atomic mass is 10.0. The number of aryl methyl sites for hydroxylation is 1. The maximum absolute atomic E-state index is 12.4. The van der Waals surface area contributed by atoms with E-state index >= 15 is 0 Å². The average Bonchev–Trinajstić information content (AvgIpc) is 2.58. The van der Waals surface area contributed by atoms with Crippen LogP contribution in [0.3, 0.4) is 0 Å². The van der Waals surface area contributed by atoms with Crippen LogP contribution in [0.5, 0.6) is 0 Å². The maximum Gasteiger partial charge on any atom is 0.334 e. The Morgan fingerprint density at radius 1 is 1.17 bits per heavy atom. The van der Waals surface area contributed by atoms with Gasteiger partial charge in [-0.1, -0.05) is 42.5 Å². The van der Waals surface area contributed by atoms with Crippen LogP contribution in [0.15, 0.2) is 42.5 Å². The van der Waals surface area contributed by atoms with E-state index in [1.807, 2.05) is 18.2 Å². The molecule has 0 spiro atoms. The zero-order valence-corrected chi connectivity index (χ0v) is 13.6. The molecule has 1 fully saturated rings. The summed E-state index contributed by atoms with van der Waals surface area (Å²) < 4.78 is 5.35. The van der Waals surface area contributed by atoms with Gasteiger partial charge >= 0.3 is 5.97 Å². The molecule has 126 valence electrons. The predicted octanol–water partition coefficient (Wildman–Crippen LogP) is 2.47. The van der Waals surface area contributed by atoms with Crippen LogP contribution in [0.4, 0.5) is 0 Å². The number of carbonyl (C=O) groups is 2. The normalized spacial score (nSPS) is 21.0. The number of amides is 1. The van der Waals surface area contributed by atoms with Crippen molar-refractivity contribution in [2.75, 3.05) is 13.1 Å². The Morgan fingerprint density at radius 3 is 2.67 bits per heavy atom. The highest BCUT2D eigenvalue weighted by Crippen LogP contribution is 2.18. The molecule has 5 heteroatoms. The Hall–Kier alpha value is -2.40. The van der Waals surface area contributed by atoms with Gasteiger partial charge in [-0.25, -0.2) is 4.79 Å². The number of aliphatic carboxylic acids is 1. The molecule has 2 aromatic rings. The largest absolute Gasteiger partial charge is 0.479 e. The van der Waals surface area contributed by atoms with E-state index in [9.17, 15) is 9.59 Å². The number of carboxylic acids is 1. The molecule has 5 nitrogen and oxygen atoms in total. The van der Waals surface area contributed by atoms with E-state index in [0.717, 1.165) is 10.9 Å². The van der Waals surface area contributed by atoms with Gasteiger partial charge < -0.3 is 14.7 Å². The lowest BCUT2D eigenvalue weighted by molar-refractivity contribution is -0.166. The predicted molar refractivity (Wildman–Crippen MR) is 90.8 cm³/mol. The highest BCUT2D eigenvalue weighted by Gasteiger charge is 2.32. The standard InChI is InChI=1S/C19H21NO4/c1-13-11-20(12-17(24-13)19(22)23)18(21)9-7-14-6-8-15-4-2-3-5-16(15)10-14/h2-6,8,10,13,17H,7,9,11-12H2,1H3,(H,22,23)/t13-,17?/m1/s1. The smallest absolute Gasteiger partial charge is 0.334 e. The molecule has 2 atom stereocenters. The number of rotatable bonds is 4. The first-order valence-corrected chi connectivity index (χ1v) is 8.16. The van der Waals surface area contributed by atoms with Crippen LogP contribution in [0.1, 0.15) is 18.9 Å². The van der Waals surface area contributed by atoms with E-state index < -0.39 is 12.1 Å². The molecule has 0 aromatic heterocycles. The zero-order chi connectivity index (χ0) is 17.1. The van der Waals surface area contributed by atoms with Gasteiger partial charge in [-0.05, 0) is 29.7 Å². The summed E-state index contributed by atoms with van der Waals surface area (Å²) in [6, 6.07) is 14.3. The first-order chi connectivity index (χ1) is 11.5. The Bertz CT molecular complexity index is 758. The fourth-order valence-electron chi connectivity index (χ4n) is 3.10. The van der Waals surface area contributed by atoms with Crippen LogP contribution in [-0.4, -0.2) is 47.2 Å². The van der Waals surface area contributed by atoms with Crippen LogP contribution >= 0.6 is 0 Å².